The lowest BCUT2D eigenvalue weighted by Crippen LogP contribution is -2.45. The smallest absolute Gasteiger partial charge is 0.414 e. The summed E-state index contributed by atoms with van der Waals surface area (Å²) in [6.07, 6.45) is 4.24. The Balaban J connectivity index is 0.000000531. The van der Waals surface area contributed by atoms with Crippen molar-refractivity contribution >= 4 is 34.6 Å². The van der Waals surface area contributed by atoms with E-state index in [2.05, 4.69) is 39.2 Å². The molecule has 0 unspecified atom stereocenters. The number of hydrogen-bond acceptors (Lipinski definition) is 9. The van der Waals surface area contributed by atoms with Crippen LogP contribution in [0.1, 0.15) is 25.3 Å². The third kappa shape index (κ3) is 6.71. The van der Waals surface area contributed by atoms with Crippen LogP contribution in [-0.4, -0.2) is 76.5 Å². The number of methoxy groups -OCH3 is 1. The summed E-state index contributed by atoms with van der Waals surface area (Å²) in [5.74, 6) is -1.49. The van der Waals surface area contributed by atoms with E-state index in [9.17, 15) is 4.79 Å². The highest BCUT2D eigenvalue weighted by molar-refractivity contribution is 6.27. The minimum Gasteiger partial charge on any atom is -0.481 e. The van der Waals surface area contributed by atoms with Gasteiger partial charge in [-0.1, -0.05) is 13.0 Å². The van der Waals surface area contributed by atoms with Crippen LogP contribution in [0, 0.1) is 5.41 Å². The van der Waals surface area contributed by atoms with Gasteiger partial charge in [-0.05, 0) is 62.2 Å². The van der Waals surface area contributed by atoms with Gasteiger partial charge in [-0.3, -0.25) is 9.78 Å². The molecule has 206 valence electrons. The minimum absolute atomic E-state index is 0.0232. The van der Waals surface area contributed by atoms with Crippen LogP contribution in [-0.2, 0) is 20.8 Å². The van der Waals surface area contributed by atoms with Gasteiger partial charge in [0.1, 0.15) is 5.52 Å². The van der Waals surface area contributed by atoms with E-state index in [0.29, 0.717) is 23.9 Å². The summed E-state index contributed by atoms with van der Waals surface area (Å²) in [7, 11) is 1.57. The lowest BCUT2D eigenvalue weighted by atomic mass is 9.79. The lowest BCUT2D eigenvalue weighted by Gasteiger charge is -2.38. The van der Waals surface area contributed by atoms with Crippen molar-refractivity contribution in [3.63, 3.8) is 0 Å². The highest BCUT2D eigenvalue weighted by Gasteiger charge is 2.37. The van der Waals surface area contributed by atoms with Gasteiger partial charge in [-0.25, -0.2) is 14.6 Å². The number of anilines is 1. The maximum absolute atomic E-state index is 13.2. The van der Waals surface area contributed by atoms with Crippen molar-refractivity contribution in [2.75, 3.05) is 38.9 Å². The van der Waals surface area contributed by atoms with Crippen molar-refractivity contribution in [1.29, 1.82) is 0 Å². The number of amides is 1. The van der Waals surface area contributed by atoms with E-state index in [1.807, 2.05) is 12.1 Å². The summed E-state index contributed by atoms with van der Waals surface area (Å²) in [5.41, 5.74) is 2.82. The highest BCUT2D eigenvalue weighted by atomic mass is 16.7. The Bertz CT molecular complexity index is 1360. The van der Waals surface area contributed by atoms with Crippen molar-refractivity contribution in [2.24, 2.45) is 5.41 Å². The maximum Gasteiger partial charge on any atom is 0.414 e. The molecule has 0 bridgehead atoms. The van der Waals surface area contributed by atoms with Crippen LogP contribution in [0.2, 0.25) is 0 Å². The molecule has 12 heteroatoms. The van der Waals surface area contributed by atoms with E-state index in [0.717, 1.165) is 55.9 Å². The number of carboxylic acid groups (broad SMARTS) is 2. The molecule has 12 nitrogen and oxygen atoms in total. The third-order valence-corrected chi connectivity index (χ3v) is 6.86. The van der Waals surface area contributed by atoms with Crippen LogP contribution < -0.4 is 19.5 Å². The molecule has 4 heterocycles. The van der Waals surface area contributed by atoms with Gasteiger partial charge in [0.25, 0.3) is 0 Å². The van der Waals surface area contributed by atoms with Gasteiger partial charge >= 0.3 is 11.9 Å². The van der Waals surface area contributed by atoms with Crippen LogP contribution >= 0.6 is 0 Å². The van der Waals surface area contributed by atoms with Gasteiger partial charge < -0.3 is 34.6 Å². The molecule has 1 amide bonds. The summed E-state index contributed by atoms with van der Waals surface area (Å²) < 4.78 is 16.1. The van der Waals surface area contributed by atoms with Crippen LogP contribution in [0.3, 0.4) is 0 Å². The zero-order valence-corrected chi connectivity index (χ0v) is 21.7. The number of aromatic nitrogens is 2. The van der Waals surface area contributed by atoms with Crippen LogP contribution in [0.25, 0.3) is 11.0 Å². The number of hydrogen-bond donors (Lipinski definition) is 3. The zero-order valence-electron chi connectivity index (χ0n) is 21.7. The van der Waals surface area contributed by atoms with Gasteiger partial charge in [0.05, 0.1) is 18.3 Å². The Hall–Kier alpha value is -4.45. The molecule has 0 atom stereocenters. The first kappa shape index (κ1) is 27.6. The number of benzene rings is 1. The summed E-state index contributed by atoms with van der Waals surface area (Å²) in [6.45, 7) is 5.07. The average molecular weight is 539 g/mol. The fourth-order valence-electron chi connectivity index (χ4n) is 4.38. The molecule has 1 saturated heterocycles. The van der Waals surface area contributed by atoms with Crippen molar-refractivity contribution in [1.82, 2.24) is 14.9 Å². The largest absolute Gasteiger partial charge is 0.481 e. The van der Waals surface area contributed by atoms with Crippen LogP contribution in [0.4, 0.5) is 5.69 Å². The molecule has 0 aliphatic carbocycles. The number of nitrogens with zero attached hydrogens (tertiary/aromatic N) is 3. The molecule has 5 rings (SSSR count). The van der Waals surface area contributed by atoms with Gasteiger partial charge in [0, 0.05) is 24.2 Å². The van der Waals surface area contributed by atoms with Gasteiger partial charge in [-0.15, -0.1) is 0 Å². The second kappa shape index (κ2) is 11.9. The maximum atomic E-state index is 13.2. The number of pyridine rings is 2. The summed E-state index contributed by atoms with van der Waals surface area (Å²) >= 11 is 0. The predicted octanol–water partition coefficient (Wildman–Crippen LogP) is 2.81. The Morgan fingerprint density at radius 1 is 1.05 bits per heavy atom. The summed E-state index contributed by atoms with van der Waals surface area (Å²) in [5, 5.41) is 17.9. The molecular weight excluding hydrogens is 508 g/mol. The molecule has 39 heavy (non-hydrogen) atoms. The lowest BCUT2D eigenvalue weighted by molar-refractivity contribution is -0.159. The first-order valence-electron chi connectivity index (χ1n) is 12.4. The Kier molecular flexibility index (Phi) is 8.45. The van der Waals surface area contributed by atoms with E-state index in [-0.39, 0.29) is 5.91 Å². The van der Waals surface area contributed by atoms with E-state index in [4.69, 9.17) is 34.0 Å². The summed E-state index contributed by atoms with van der Waals surface area (Å²) in [6, 6.07) is 11.5. The molecule has 3 N–H and O–H groups in total. The number of nitrogens with one attached hydrogen (secondary N) is 1. The molecule has 2 aliphatic rings. The molecule has 2 aromatic heterocycles. The Morgan fingerprint density at radius 2 is 1.77 bits per heavy atom. The first-order chi connectivity index (χ1) is 18.7. The average Bonchev–Trinajstić information content (AvgIpc) is 3.41. The number of piperidine rings is 1. The molecule has 1 fully saturated rings. The number of ether oxygens (including phenoxy) is 3. The van der Waals surface area contributed by atoms with E-state index in [1.54, 1.807) is 25.4 Å². The van der Waals surface area contributed by atoms with Crippen LogP contribution in [0.15, 0.2) is 42.6 Å². The first-order valence-corrected chi connectivity index (χ1v) is 12.4. The number of carboxylic acids is 2. The van der Waals surface area contributed by atoms with Gasteiger partial charge in [0.2, 0.25) is 18.6 Å². The molecular formula is C27H30N4O8. The molecule has 3 aromatic rings. The highest BCUT2D eigenvalue weighted by Crippen LogP contribution is 2.35. The minimum atomic E-state index is -1.82. The topological polar surface area (TPSA) is 160 Å². The predicted molar refractivity (Wildman–Crippen MR) is 140 cm³/mol. The summed E-state index contributed by atoms with van der Waals surface area (Å²) in [4.78, 5) is 42.7. The fraction of sp³-hybridized carbons (Fsp3) is 0.370. The van der Waals surface area contributed by atoms with Crippen molar-refractivity contribution in [3.05, 3.63) is 48.2 Å². The third-order valence-electron chi connectivity index (χ3n) is 6.86. The number of aliphatic carboxylic acids is 2. The number of likely N-dealkylation sites (tertiary alicyclic amines) is 1. The standard InChI is InChI=1S/C25H28N4O4.C2H2O4/c1-25(24(30)27-19-7-11-26-18-4-6-22(31-2)28-23(18)19)9-13-29(14-10-25)12-8-17-3-5-20-21(15-17)33-16-32-20;3-1(4)2(5)6/h3-7,11,15H,8-10,12-14,16H2,1-2H3,(H,26,27,30);(H,3,4)(H,5,6). The number of fused-ring (bicyclic) bond motifs is 2. The molecule has 2 aliphatic heterocycles. The van der Waals surface area contributed by atoms with Crippen molar-refractivity contribution in [3.8, 4) is 17.4 Å². The fourth-order valence-corrected chi connectivity index (χ4v) is 4.38. The molecule has 1 aromatic carbocycles. The quantitative estimate of drug-likeness (QED) is 0.396. The molecule has 0 radical (unpaired) electrons. The molecule has 0 saturated carbocycles. The normalized spacial score (nSPS) is 15.6. The van der Waals surface area contributed by atoms with E-state index in [1.165, 1.54) is 5.56 Å². The number of rotatable bonds is 6. The zero-order chi connectivity index (χ0) is 28.0. The Labute approximate surface area is 224 Å². The number of carbonyl (C=O) groups excluding carboxylic acids is 1. The second-order valence-electron chi connectivity index (χ2n) is 9.48. The van der Waals surface area contributed by atoms with Crippen molar-refractivity contribution < 1.29 is 38.8 Å². The monoisotopic (exact) mass is 538 g/mol. The molecule has 0 spiro atoms. The van der Waals surface area contributed by atoms with E-state index >= 15 is 0 Å². The van der Waals surface area contributed by atoms with Gasteiger partial charge in [-0.2, -0.15) is 0 Å². The number of carbonyl (C=O) groups is 3. The van der Waals surface area contributed by atoms with Gasteiger partial charge in [0.15, 0.2) is 11.5 Å². The second-order valence-corrected chi connectivity index (χ2v) is 9.48. The van der Waals surface area contributed by atoms with Crippen LogP contribution in [0.5, 0.6) is 17.4 Å². The van der Waals surface area contributed by atoms with E-state index < -0.39 is 17.4 Å². The van der Waals surface area contributed by atoms with Crippen molar-refractivity contribution in [2.45, 2.75) is 26.2 Å². The SMILES string of the molecule is COc1ccc2nccc(NC(=O)C3(C)CCN(CCc4ccc5c(c4)OCO5)CC3)c2n1.O=C(O)C(=O)O. The Morgan fingerprint density at radius 3 is 2.46 bits per heavy atom.